The molecule has 176 valence electrons. The molecule has 0 aromatic rings. The maximum absolute atomic E-state index is 9.58. The number of aliphatic hydroxyl groups excluding tert-OH is 1. The van der Waals surface area contributed by atoms with Crippen LogP contribution in [0, 0.1) is 11.8 Å². The zero-order chi connectivity index (χ0) is 22.7. The minimum Gasteiger partial charge on any atom is -0.396 e. The molecule has 2 atom stereocenters. The Morgan fingerprint density at radius 3 is 2.42 bits per heavy atom. The minimum atomic E-state index is -0.149. The minimum absolute atomic E-state index is 0.109. The molecule has 1 heterocycles. The first-order valence-corrected chi connectivity index (χ1v) is 12.6. The van der Waals surface area contributed by atoms with Gasteiger partial charge in [0.05, 0.1) is 11.7 Å². The molecule has 0 radical (unpaired) electrons. The summed E-state index contributed by atoms with van der Waals surface area (Å²) < 4.78 is 6.19. The number of aliphatic hydroxyl groups is 1. The van der Waals surface area contributed by atoms with Crippen molar-refractivity contribution in [3.8, 4) is 0 Å². The number of hydrogen-bond acceptors (Lipinski definition) is 3. The van der Waals surface area contributed by atoms with E-state index in [2.05, 4.69) is 76.4 Å². The maximum atomic E-state index is 9.58. The fourth-order valence-electron chi connectivity index (χ4n) is 4.97. The molecule has 0 amide bonds. The Balaban J connectivity index is 1.77. The van der Waals surface area contributed by atoms with Gasteiger partial charge in [0.15, 0.2) is 0 Å². The van der Waals surface area contributed by atoms with Gasteiger partial charge in [-0.15, -0.1) is 0 Å². The van der Waals surface area contributed by atoms with Gasteiger partial charge >= 0.3 is 0 Å². The molecule has 2 fully saturated rings. The van der Waals surface area contributed by atoms with Gasteiger partial charge in [-0.1, -0.05) is 49.8 Å². The Kier molecular flexibility index (Phi) is 11.1. The fourth-order valence-corrected chi connectivity index (χ4v) is 4.97. The third-order valence-electron chi connectivity index (χ3n) is 6.60. The molecule has 0 bridgehead atoms. The highest BCUT2D eigenvalue weighted by atomic mass is 16.5. The van der Waals surface area contributed by atoms with Crippen LogP contribution in [0.4, 0.5) is 0 Å². The van der Waals surface area contributed by atoms with E-state index in [-0.39, 0.29) is 18.3 Å². The summed E-state index contributed by atoms with van der Waals surface area (Å²) in [5.41, 5.74) is 2.47. The summed E-state index contributed by atoms with van der Waals surface area (Å²) >= 11 is 0. The summed E-state index contributed by atoms with van der Waals surface area (Å²) in [6, 6.07) is 0.617. The van der Waals surface area contributed by atoms with Crippen molar-refractivity contribution in [2.24, 2.45) is 11.8 Å². The molecule has 1 saturated carbocycles. The van der Waals surface area contributed by atoms with Gasteiger partial charge in [0.25, 0.3) is 0 Å². The molecule has 1 aliphatic heterocycles. The Hall–Kier alpha value is -1.32. The lowest BCUT2D eigenvalue weighted by Crippen LogP contribution is -2.39. The normalized spacial score (nSPS) is 30.3. The third kappa shape index (κ3) is 9.78. The fraction of sp³-hybridized carbons (Fsp3) is 0.714. The zero-order valence-corrected chi connectivity index (χ0v) is 20.7. The van der Waals surface area contributed by atoms with Gasteiger partial charge in [-0.3, -0.25) is 0 Å². The molecule has 1 saturated heterocycles. The van der Waals surface area contributed by atoms with Crippen LogP contribution >= 0.6 is 0 Å². The molecule has 0 aromatic heterocycles. The Bertz CT molecular complexity index is 635. The van der Waals surface area contributed by atoms with E-state index in [1.807, 2.05) is 0 Å². The van der Waals surface area contributed by atoms with Crippen molar-refractivity contribution in [3.05, 3.63) is 47.7 Å². The number of allylic oxidation sites excluding steroid dienone is 6. The second-order valence-corrected chi connectivity index (χ2v) is 10.2. The van der Waals surface area contributed by atoms with Crippen molar-refractivity contribution in [2.75, 3.05) is 6.61 Å². The van der Waals surface area contributed by atoms with Crippen LogP contribution in [0.15, 0.2) is 47.7 Å². The van der Waals surface area contributed by atoms with Gasteiger partial charge in [-0.25, -0.2) is 0 Å². The van der Waals surface area contributed by atoms with Crippen LogP contribution in [0.1, 0.15) is 92.4 Å². The Morgan fingerprint density at radius 1 is 1.03 bits per heavy atom. The first kappa shape index (κ1) is 25.9. The second-order valence-electron chi connectivity index (χ2n) is 10.2. The van der Waals surface area contributed by atoms with Crippen molar-refractivity contribution < 1.29 is 9.84 Å². The summed E-state index contributed by atoms with van der Waals surface area (Å²) in [7, 11) is 0. The SMILES string of the molecule is CC/C=C\C(=C/CC)NC1CCC(C/C=C(C)/C=C/C2CC(CO)CC(C)(C)O2)CC1. The zero-order valence-electron chi connectivity index (χ0n) is 20.7. The van der Waals surface area contributed by atoms with Crippen molar-refractivity contribution in [1.82, 2.24) is 5.32 Å². The smallest absolute Gasteiger partial charge is 0.0769 e. The first-order valence-electron chi connectivity index (χ1n) is 12.6. The van der Waals surface area contributed by atoms with Crippen LogP contribution in [-0.2, 0) is 4.74 Å². The van der Waals surface area contributed by atoms with E-state index in [0.717, 1.165) is 31.6 Å². The highest BCUT2D eigenvalue weighted by Crippen LogP contribution is 2.33. The average molecular weight is 430 g/mol. The molecule has 31 heavy (non-hydrogen) atoms. The Morgan fingerprint density at radius 2 is 1.77 bits per heavy atom. The molecule has 2 aliphatic rings. The third-order valence-corrected chi connectivity index (χ3v) is 6.60. The van der Waals surface area contributed by atoms with Gasteiger partial charge in [0.1, 0.15) is 0 Å². The van der Waals surface area contributed by atoms with Crippen molar-refractivity contribution in [2.45, 2.75) is 110 Å². The van der Waals surface area contributed by atoms with E-state index < -0.39 is 0 Å². The molecular weight excluding hydrogens is 382 g/mol. The van der Waals surface area contributed by atoms with Gasteiger partial charge in [0.2, 0.25) is 0 Å². The lowest BCUT2D eigenvalue weighted by atomic mass is 9.83. The van der Waals surface area contributed by atoms with E-state index in [4.69, 9.17) is 4.74 Å². The summed E-state index contributed by atoms with van der Waals surface area (Å²) in [4.78, 5) is 0. The second kappa shape index (κ2) is 13.3. The summed E-state index contributed by atoms with van der Waals surface area (Å²) in [5, 5.41) is 13.3. The Labute approximate surface area is 191 Å². The molecule has 3 nitrogen and oxygen atoms in total. The van der Waals surface area contributed by atoms with E-state index in [1.165, 1.54) is 43.4 Å². The average Bonchev–Trinajstić information content (AvgIpc) is 2.74. The lowest BCUT2D eigenvalue weighted by Gasteiger charge is -2.39. The van der Waals surface area contributed by atoms with Gasteiger partial charge in [-0.2, -0.15) is 0 Å². The van der Waals surface area contributed by atoms with Gasteiger partial charge < -0.3 is 15.2 Å². The predicted octanol–water partition coefficient (Wildman–Crippen LogP) is 6.85. The van der Waals surface area contributed by atoms with Crippen molar-refractivity contribution >= 4 is 0 Å². The molecule has 0 spiro atoms. The monoisotopic (exact) mass is 429 g/mol. The van der Waals surface area contributed by atoms with Crippen LogP contribution in [0.3, 0.4) is 0 Å². The van der Waals surface area contributed by atoms with Crippen molar-refractivity contribution in [1.29, 1.82) is 0 Å². The van der Waals surface area contributed by atoms with Crippen LogP contribution < -0.4 is 5.32 Å². The number of hydrogen-bond donors (Lipinski definition) is 2. The van der Waals surface area contributed by atoms with Crippen molar-refractivity contribution in [3.63, 3.8) is 0 Å². The lowest BCUT2D eigenvalue weighted by molar-refractivity contribution is -0.112. The molecular formula is C28H47NO2. The van der Waals surface area contributed by atoms with Crippen LogP contribution in [0.2, 0.25) is 0 Å². The first-order chi connectivity index (χ1) is 14.8. The molecule has 3 heteroatoms. The van der Waals surface area contributed by atoms with Crippen LogP contribution in [0.5, 0.6) is 0 Å². The van der Waals surface area contributed by atoms with Gasteiger partial charge in [-0.05, 0) is 96.5 Å². The molecule has 2 rings (SSSR count). The quantitative estimate of drug-likeness (QED) is 0.373. The molecule has 2 N–H and O–H groups in total. The summed E-state index contributed by atoms with van der Waals surface area (Å²) in [6.07, 6.45) is 24.0. The molecule has 1 aliphatic carbocycles. The van der Waals surface area contributed by atoms with E-state index >= 15 is 0 Å². The molecule has 2 unspecified atom stereocenters. The standard InChI is InChI=1S/C28H47NO2/c1-6-8-10-25(9-7-2)29-26-16-14-23(15-17-26)13-11-22(3)12-18-27-19-24(21-30)20-28(4,5)31-27/h8-12,18,23-24,26-27,29-30H,6-7,13-17,19-21H2,1-5H3/b10-8-,18-12+,22-11+,25-9+. The van der Waals surface area contributed by atoms with E-state index in [9.17, 15) is 5.11 Å². The van der Waals surface area contributed by atoms with Crippen LogP contribution in [-0.4, -0.2) is 29.5 Å². The number of nitrogens with one attached hydrogen (secondary N) is 1. The van der Waals surface area contributed by atoms with E-state index in [1.54, 1.807) is 0 Å². The topological polar surface area (TPSA) is 41.5 Å². The molecule has 0 aromatic carbocycles. The number of ether oxygens (including phenoxy) is 1. The number of rotatable bonds is 10. The van der Waals surface area contributed by atoms with Crippen LogP contribution in [0.25, 0.3) is 0 Å². The van der Waals surface area contributed by atoms with E-state index in [0.29, 0.717) is 12.0 Å². The maximum Gasteiger partial charge on any atom is 0.0769 e. The summed E-state index contributed by atoms with van der Waals surface area (Å²) in [6.45, 7) is 11.1. The highest BCUT2D eigenvalue weighted by molar-refractivity contribution is 5.19. The largest absolute Gasteiger partial charge is 0.396 e. The highest BCUT2D eigenvalue weighted by Gasteiger charge is 2.33. The van der Waals surface area contributed by atoms with Gasteiger partial charge in [0, 0.05) is 18.3 Å². The summed E-state index contributed by atoms with van der Waals surface area (Å²) in [5.74, 6) is 1.14. The predicted molar refractivity (Wildman–Crippen MR) is 133 cm³/mol.